The summed E-state index contributed by atoms with van der Waals surface area (Å²) in [6.45, 7) is 2.94. The number of nitrogens with zero attached hydrogens (tertiary/aromatic N) is 3. The Kier molecular flexibility index (Phi) is 16.0. The van der Waals surface area contributed by atoms with E-state index in [1.807, 2.05) is 60.7 Å². The molecular formula is C54H63ClN9O9+. The third-order valence-corrected chi connectivity index (χ3v) is 14.5. The van der Waals surface area contributed by atoms with Crippen LogP contribution in [0.25, 0.3) is 21.7 Å². The van der Waals surface area contributed by atoms with E-state index in [1.165, 1.54) is 17.1 Å². The number of amides is 8. The van der Waals surface area contributed by atoms with E-state index in [2.05, 4.69) is 40.3 Å². The number of aromatic amines is 1. The average Bonchev–Trinajstić information content (AvgIpc) is 4.04. The first-order valence-corrected chi connectivity index (χ1v) is 25.4. The molecule has 1 unspecified atom stereocenters. The van der Waals surface area contributed by atoms with Gasteiger partial charge in [0.1, 0.15) is 48.3 Å². The lowest BCUT2D eigenvalue weighted by atomic mass is 9.67. The molecule has 1 aromatic heterocycles. The normalized spacial score (nSPS) is 16.3. The van der Waals surface area contributed by atoms with Crippen molar-refractivity contribution in [2.75, 3.05) is 69.5 Å². The van der Waals surface area contributed by atoms with Crippen molar-refractivity contribution in [3.8, 4) is 11.5 Å². The fraction of sp³-hybridized carbons (Fsp3) is 0.389. The van der Waals surface area contributed by atoms with Crippen LogP contribution in [-0.2, 0) is 30.5 Å². The summed E-state index contributed by atoms with van der Waals surface area (Å²) in [5.41, 5.74) is 8.28. The predicted octanol–water partition coefficient (Wildman–Crippen LogP) is 5.92. The number of nitrogens with one attached hydrogen (secondary N) is 5. The van der Waals surface area contributed by atoms with Crippen molar-refractivity contribution in [3.63, 3.8) is 0 Å². The first-order chi connectivity index (χ1) is 35.1. The lowest BCUT2D eigenvalue weighted by Gasteiger charge is -2.39. The van der Waals surface area contributed by atoms with Gasteiger partial charge in [0.25, 0.3) is 17.7 Å². The highest BCUT2D eigenvalue weighted by Gasteiger charge is 2.51. The summed E-state index contributed by atoms with van der Waals surface area (Å²) < 4.78 is 6.82. The van der Waals surface area contributed by atoms with E-state index in [9.17, 15) is 38.7 Å². The lowest BCUT2D eigenvalue weighted by Crippen LogP contribution is -2.58. The average molecular weight is 1020 g/mol. The number of ether oxygens (including phenoxy) is 1. The molecule has 0 bridgehead atoms. The van der Waals surface area contributed by atoms with Crippen molar-refractivity contribution in [3.05, 3.63) is 108 Å². The number of fused-ring (bicyclic) bond motifs is 4. The molecule has 3 aliphatic rings. The van der Waals surface area contributed by atoms with Gasteiger partial charge in [0.05, 0.1) is 19.8 Å². The molecule has 19 heteroatoms. The number of phenols is 1. The molecule has 1 fully saturated rings. The lowest BCUT2D eigenvalue weighted by molar-refractivity contribution is -0.903. The van der Waals surface area contributed by atoms with E-state index in [0.29, 0.717) is 117 Å². The number of halogens is 1. The number of unbranched alkanes of at least 4 members (excludes halogenated alkanes) is 2. The molecule has 18 nitrogen and oxygen atoms in total. The molecule has 0 spiro atoms. The van der Waals surface area contributed by atoms with Crippen LogP contribution in [0.2, 0.25) is 0 Å². The van der Waals surface area contributed by atoms with Crippen molar-refractivity contribution in [1.82, 2.24) is 25.8 Å². The van der Waals surface area contributed by atoms with Gasteiger partial charge in [0, 0.05) is 83.7 Å². The van der Waals surface area contributed by atoms with Crippen molar-refractivity contribution in [2.24, 2.45) is 11.1 Å². The second kappa shape index (κ2) is 22.5. The monoisotopic (exact) mass is 1020 g/mol. The highest BCUT2D eigenvalue weighted by molar-refractivity contribution is 6.19. The highest BCUT2D eigenvalue weighted by Crippen LogP contribution is 2.46. The minimum Gasteiger partial charge on any atom is -0.507 e. The van der Waals surface area contributed by atoms with E-state index in [1.54, 1.807) is 23.1 Å². The first kappa shape index (κ1) is 51.9. The summed E-state index contributed by atoms with van der Waals surface area (Å²) in [7, 11) is 4.19. The van der Waals surface area contributed by atoms with Gasteiger partial charge in [-0.2, -0.15) is 0 Å². The van der Waals surface area contributed by atoms with Gasteiger partial charge in [-0.15, -0.1) is 11.6 Å². The molecule has 8 rings (SSSR count). The number of aromatic nitrogens is 1. The zero-order valence-corrected chi connectivity index (χ0v) is 41.9. The zero-order valence-electron chi connectivity index (χ0n) is 41.1. The van der Waals surface area contributed by atoms with Gasteiger partial charge < -0.3 is 51.2 Å². The summed E-state index contributed by atoms with van der Waals surface area (Å²) >= 11 is 6.42. The molecule has 8 N–H and O–H groups in total. The summed E-state index contributed by atoms with van der Waals surface area (Å²) in [6.07, 6.45) is 6.19. The van der Waals surface area contributed by atoms with Gasteiger partial charge in [-0.05, 0) is 92.3 Å². The Morgan fingerprint density at radius 1 is 0.890 bits per heavy atom. The number of hydrogen-bond donors (Lipinski definition) is 7. The number of H-pyrrole nitrogens is 1. The minimum atomic E-state index is -1.31. The van der Waals surface area contributed by atoms with Crippen molar-refractivity contribution in [2.45, 2.75) is 69.9 Å². The third kappa shape index (κ3) is 11.9. The van der Waals surface area contributed by atoms with Crippen LogP contribution in [0, 0.1) is 5.41 Å². The molecule has 1 aliphatic carbocycles. The van der Waals surface area contributed by atoms with E-state index >= 15 is 0 Å². The fourth-order valence-corrected chi connectivity index (χ4v) is 10.1. The largest absolute Gasteiger partial charge is 0.507 e. The number of rotatable bonds is 23. The van der Waals surface area contributed by atoms with Crippen molar-refractivity contribution in [1.29, 1.82) is 0 Å². The molecular weight excluding hydrogens is 954 g/mol. The zero-order chi connectivity index (χ0) is 51.9. The van der Waals surface area contributed by atoms with Gasteiger partial charge in [0.2, 0.25) is 17.7 Å². The van der Waals surface area contributed by atoms with Crippen molar-refractivity contribution < 1.29 is 47.9 Å². The maximum atomic E-state index is 14.0. The Balaban J connectivity index is 0.817. The number of phenolic OH excluding ortho intramolecular Hbond substituents is 1. The molecule has 1 saturated carbocycles. The molecule has 4 aromatic carbocycles. The van der Waals surface area contributed by atoms with Gasteiger partial charge >= 0.3 is 6.03 Å². The molecule has 0 radical (unpaired) electrons. The standard InChI is InChI=1S/C54H62ClN9O9/c1-64(2,26-27-73-38-17-18-41-35(28-38)29-43(60-41)50(69)63-32-36(31-55)48-40-11-5-4-10-39(40)45(65)30-44(48)63)33-34-13-15-37(16-14-34)59-49(68)42(12-8-24-58-53(56)72)61-52(71)54(21-9-22-54)51(70)57-23-6-3-7-25-62-46(66)19-20-47(62)67/h4-5,10-11,13-20,28-30,36,42H,3,6-9,12,21-27,31-33H2,1-2H3,(H7-,56,57,58,59,60,61,65,68,69,70,71,72)/p+1/t36-,42?/m1/s1. The first-order valence-electron chi connectivity index (χ1n) is 24.8. The van der Waals surface area contributed by atoms with Crippen LogP contribution in [0.5, 0.6) is 11.5 Å². The molecule has 5 aromatic rings. The number of nitrogens with two attached hydrogens (primary N) is 1. The van der Waals surface area contributed by atoms with Crippen LogP contribution in [0.15, 0.2) is 91.0 Å². The molecule has 0 saturated heterocycles. The number of alkyl halides is 1. The van der Waals surface area contributed by atoms with E-state index in [4.69, 9.17) is 22.1 Å². The summed E-state index contributed by atoms with van der Waals surface area (Å²) in [6, 6.07) is 22.5. The van der Waals surface area contributed by atoms with E-state index < -0.39 is 35.2 Å². The number of likely N-dealkylation sites (N-methyl/N-ethyl adjacent to an activating group) is 1. The molecule has 8 amide bonds. The Labute approximate surface area is 428 Å². The highest BCUT2D eigenvalue weighted by atomic mass is 35.5. The molecule has 2 atom stereocenters. The number of aromatic hydroxyl groups is 1. The quantitative estimate of drug-likeness (QED) is 0.0135. The minimum absolute atomic E-state index is 0.0819. The predicted molar refractivity (Wildman–Crippen MR) is 278 cm³/mol. The summed E-state index contributed by atoms with van der Waals surface area (Å²) in [5, 5.41) is 24.4. The number of quaternary nitrogens is 1. The Hall–Kier alpha value is -7.44. The Bertz CT molecular complexity index is 2930. The van der Waals surface area contributed by atoms with Gasteiger partial charge in [-0.3, -0.25) is 33.7 Å². The summed E-state index contributed by atoms with van der Waals surface area (Å²) in [5.74, 6) is -1.27. The van der Waals surface area contributed by atoms with Crippen LogP contribution in [0.4, 0.5) is 16.2 Å². The number of benzene rings is 4. The van der Waals surface area contributed by atoms with Gasteiger partial charge in [-0.1, -0.05) is 42.8 Å². The van der Waals surface area contributed by atoms with E-state index in [0.717, 1.165) is 32.8 Å². The second-order valence-corrected chi connectivity index (χ2v) is 20.1. The fourth-order valence-electron chi connectivity index (χ4n) is 9.88. The molecule has 73 heavy (non-hydrogen) atoms. The van der Waals surface area contributed by atoms with Crippen LogP contribution >= 0.6 is 11.6 Å². The molecule has 384 valence electrons. The van der Waals surface area contributed by atoms with Crippen LogP contribution < -0.4 is 36.6 Å². The number of carbonyl (C=O) groups is 7. The topological polar surface area (TPSA) is 245 Å². The van der Waals surface area contributed by atoms with E-state index in [-0.39, 0.29) is 42.4 Å². The maximum absolute atomic E-state index is 14.0. The van der Waals surface area contributed by atoms with Crippen LogP contribution in [0.1, 0.15) is 78.9 Å². The number of hydrogen-bond acceptors (Lipinski definition) is 9. The summed E-state index contributed by atoms with van der Waals surface area (Å²) in [4.78, 5) is 96.1. The van der Waals surface area contributed by atoms with Gasteiger partial charge in [-0.25, -0.2) is 4.79 Å². The van der Waals surface area contributed by atoms with Crippen LogP contribution in [-0.4, -0.2) is 126 Å². The second-order valence-electron chi connectivity index (χ2n) is 19.8. The van der Waals surface area contributed by atoms with Crippen LogP contribution in [0.3, 0.4) is 0 Å². The SMILES string of the molecule is C[N+](C)(CCOc1ccc2[nH]c(C(=O)N3C[C@@H](CCl)c4c3cc(O)c3ccccc43)cc2c1)Cc1ccc(NC(=O)C(CCCNC(N)=O)NC(=O)C2(C(=O)NCCCCCN3C(=O)C=CC3=O)CCC2)cc1. The Morgan fingerprint density at radius 3 is 2.32 bits per heavy atom. The number of urea groups is 1. The number of anilines is 2. The Morgan fingerprint density at radius 2 is 1.62 bits per heavy atom. The van der Waals surface area contributed by atoms with Gasteiger partial charge in [0.15, 0.2) is 0 Å². The van der Waals surface area contributed by atoms with Crippen molar-refractivity contribution >= 4 is 86.1 Å². The third-order valence-electron chi connectivity index (χ3n) is 14.1. The molecule has 3 heterocycles. The smallest absolute Gasteiger partial charge is 0.312 e. The number of carbonyl (C=O) groups excluding carboxylic acids is 7. The number of primary amides is 1. The molecule has 2 aliphatic heterocycles. The maximum Gasteiger partial charge on any atom is 0.312 e. The number of imide groups is 1.